The Morgan fingerprint density at radius 2 is 0.873 bits per heavy atom. The summed E-state index contributed by atoms with van der Waals surface area (Å²) in [4.78, 5) is 2.49. The van der Waals surface area contributed by atoms with Gasteiger partial charge < -0.3 is 4.90 Å². The number of benzene rings is 9. The first-order valence-corrected chi connectivity index (χ1v) is 20.3. The van der Waals surface area contributed by atoms with Crippen LogP contribution in [-0.4, -0.2) is 0 Å². The molecule has 0 aliphatic heterocycles. The summed E-state index contributed by atoms with van der Waals surface area (Å²) < 4.78 is 5.21. The molecule has 258 valence electrons. The predicted molar refractivity (Wildman–Crippen MR) is 241 cm³/mol. The summed E-state index contributed by atoms with van der Waals surface area (Å²) in [5.41, 5.74) is 10.7. The number of nitrogens with zero attached hydrogens (tertiary/aromatic N) is 1. The van der Waals surface area contributed by atoms with Crippen LogP contribution in [0.4, 0.5) is 17.1 Å². The molecule has 11 rings (SSSR count). The van der Waals surface area contributed by atoms with Gasteiger partial charge in [-0.2, -0.15) is 0 Å². The first kappa shape index (κ1) is 32.0. The van der Waals surface area contributed by atoms with Crippen molar-refractivity contribution in [3.63, 3.8) is 0 Å². The second kappa shape index (κ2) is 13.1. The van der Waals surface area contributed by atoms with E-state index >= 15 is 0 Å². The second-order valence-electron chi connectivity index (χ2n) is 14.1. The van der Waals surface area contributed by atoms with Crippen molar-refractivity contribution in [2.45, 2.75) is 0 Å². The largest absolute Gasteiger partial charge is 0.309 e. The minimum Gasteiger partial charge on any atom is -0.309 e. The fourth-order valence-electron chi connectivity index (χ4n) is 8.31. The van der Waals surface area contributed by atoms with E-state index in [1.165, 1.54) is 90.2 Å². The zero-order chi connectivity index (χ0) is 36.3. The number of thiophene rings is 2. The van der Waals surface area contributed by atoms with Crippen LogP contribution < -0.4 is 4.90 Å². The Balaban J connectivity index is 1.13. The fraction of sp³-hybridized carbons (Fsp3) is 0. The van der Waals surface area contributed by atoms with Crippen LogP contribution in [0.3, 0.4) is 0 Å². The van der Waals surface area contributed by atoms with Crippen molar-refractivity contribution in [3.8, 4) is 33.4 Å². The van der Waals surface area contributed by atoms with Gasteiger partial charge in [0.05, 0.1) is 11.4 Å². The number of fused-ring (bicyclic) bond motifs is 7. The van der Waals surface area contributed by atoms with Gasteiger partial charge in [0.25, 0.3) is 0 Å². The lowest BCUT2D eigenvalue weighted by atomic mass is 9.93. The van der Waals surface area contributed by atoms with E-state index < -0.39 is 0 Å². The maximum absolute atomic E-state index is 2.49. The van der Waals surface area contributed by atoms with Crippen molar-refractivity contribution in [2.75, 3.05) is 4.90 Å². The Labute approximate surface area is 327 Å². The fourth-order valence-corrected chi connectivity index (χ4v) is 10.6. The first-order valence-electron chi connectivity index (χ1n) is 18.7. The van der Waals surface area contributed by atoms with Crippen molar-refractivity contribution in [2.24, 2.45) is 0 Å². The quantitative estimate of drug-likeness (QED) is 0.164. The van der Waals surface area contributed by atoms with Gasteiger partial charge in [0.2, 0.25) is 0 Å². The molecule has 0 saturated carbocycles. The molecule has 0 atom stereocenters. The van der Waals surface area contributed by atoms with Gasteiger partial charge >= 0.3 is 0 Å². The van der Waals surface area contributed by atoms with E-state index in [0.717, 1.165) is 11.4 Å². The maximum atomic E-state index is 2.49. The Kier molecular flexibility index (Phi) is 7.61. The highest BCUT2D eigenvalue weighted by atomic mass is 32.1. The average Bonchev–Trinajstić information content (AvgIpc) is 3.82. The molecule has 0 unspecified atom stereocenters. The zero-order valence-electron chi connectivity index (χ0n) is 29.8. The Hall–Kier alpha value is -6.52. The third-order valence-corrected chi connectivity index (χ3v) is 13.1. The van der Waals surface area contributed by atoms with Gasteiger partial charge in [-0.25, -0.2) is 0 Å². The molecule has 11 aromatic rings. The van der Waals surface area contributed by atoms with Gasteiger partial charge in [0.1, 0.15) is 0 Å². The summed E-state index contributed by atoms with van der Waals surface area (Å²) in [7, 11) is 0. The minimum atomic E-state index is 1.11. The zero-order valence-corrected chi connectivity index (χ0v) is 31.4. The van der Waals surface area contributed by atoms with Crippen LogP contribution in [0.15, 0.2) is 200 Å². The molecule has 55 heavy (non-hydrogen) atoms. The van der Waals surface area contributed by atoms with E-state index in [2.05, 4.69) is 205 Å². The molecule has 0 saturated heterocycles. The van der Waals surface area contributed by atoms with Crippen molar-refractivity contribution in [3.05, 3.63) is 200 Å². The van der Waals surface area contributed by atoms with Crippen LogP contribution in [-0.2, 0) is 0 Å². The third-order valence-electron chi connectivity index (χ3n) is 10.9. The standard InChI is InChI=1S/C52H33NS2/c1-2-14-35-31-37(28-27-34(35)13-1)41-18-4-3-17-40(41)36-15-11-16-39(32-36)53(47-23-12-26-50-52(47)45-21-7-10-25-49(45)54-50)46-22-8-5-19-42(46)38-29-30-44-43-20-6-9-24-48(43)55-51(44)33-38/h1-33H. The number of rotatable bonds is 6. The molecule has 2 aromatic heterocycles. The summed E-state index contributed by atoms with van der Waals surface area (Å²) in [5, 5.41) is 7.69. The summed E-state index contributed by atoms with van der Waals surface area (Å²) in [6, 6.07) is 73.6. The van der Waals surface area contributed by atoms with E-state index in [0.29, 0.717) is 0 Å². The van der Waals surface area contributed by atoms with Crippen LogP contribution in [0.2, 0.25) is 0 Å². The molecule has 2 heterocycles. The van der Waals surface area contributed by atoms with Gasteiger partial charge in [-0.15, -0.1) is 22.7 Å². The van der Waals surface area contributed by atoms with Gasteiger partial charge in [-0.3, -0.25) is 0 Å². The van der Waals surface area contributed by atoms with Crippen LogP contribution in [0.1, 0.15) is 0 Å². The lowest BCUT2D eigenvalue weighted by Crippen LogP contribution is -2.11. The summed E-state index contributed by atoms with van der Waals surface area (Å²) in [5.74, 6) is 0. The predicted octanol–water partition coefficient (Wildman–Crippen LogP) is 16.0. The molecule has 0 amide bonds. The highest BCUT2D eigenvalue weighted by Gasteiger charge is 2.22. The number of anilines is 3. The van der Waals surface area contributed by atoms with E-state index in [4.69, 9.17) is 0 Å². The minimum absolute atomic E-state index is 1.11. The monoisotopic (exact) mass is 735 g/mol. The van der Waals surface area contributed by atoms with Crippen LogP contribution in [0.5, 0.6) is 0 Å². The van der Waals surface area contributed by atoms with Crippen molar-refractivity contribution >= 4 is 90.9 Å². The molecular formula is C52H33NS2. The van der Waals surface area contributed by atoms with E-state index in [1.54, 1.807) is 0 Å². The second-order valence-corrected chi connectivity index (χ2v) is 16.2. The van der Waals surface area contributed by atoms with Gasteiger partial charge in [-0.05, 0) is 93.2 Å². The number of para-hydroxylation sites is 1. The normalized spacial score (nSPS) is 11.6. The molecule has 0 N–H and O–H groups in total. The molecule has 0 radical (unpaired) electrons. The van der Waals surface area contributed by atoms with E-state index in [9.17, 15) is 0 Å². The van der Waals surface area contributed by atoms with Gasteiger partial charge in [-0.1, -0.05) is 146 Å². The molecule has 0 aliphatic carbocycles. The Morgan fingerprint density at radius 1 is 0.309 bits per heavy atom. The van der Waals surface area contributed by atoms with Crippen molar-refractivity contribution in [1.82, 2.24) is 0 Å². The van der Waals surface area contributed by atoms with Crippen molar-refractivity contribution < 1.29 is 0 Å². The van der Waals surface area contributed by atoms with Crippen molar-refractivity contribution in [1.29, 1.82) is 0 Å². The third kappa shape index (κ3) is 5.43. The average molecular weight is 736 g/mol. The first-order chi connectivity index (χ1) is 27.3. The highest BCUT2D eigenvalue weighted by Crippen LogP contribution is 2.48. The highest BCUT2D eigenvalue weighted by molar-refractivity contribution is 7.26. The molecule has 0 fully saturated rings. The summed E-state index contributed by atoms with van der Waals surface area (Å²) in [6.07, 6.45) is 0. The number of hydrogen-bond acceptors (Lipinski definition) is 3. The Morgan fingerprint density at radius 3 is 1.73 bits per heavy atom. The molecular weight excluding hydrogens is 703 g/mol. The topological polar surface area (TPSA) is 3.24 Å². The molecule has 9 aromatic carbocycles. The SMILES string of the molecule is c1cc(-c2ccccc2-c2ccc3ccccc3c2)cc(N(c2ccccc2-c2ccc3c(c2)sc2ccccc23)c2cccc3sc4ccccc4c23)c1. The Bertz CT molecular complexity index is 3240. The van der Waals surface area contributed by atoms with Crippen LogP contribution in [0.25, 0.3) is 84.5 Å². The van der Waals surface area contributed by atoms with Crippen LogP contribution in [0, 0.1) is 0 Å². The lowest BCUT2D eigenvalue weighted by Gasteiger charge is -2.29. The lowest BCUT2D eigenvalue weighted by molar-refractivity contribution is 1.30. The van der Waals surface area contributed by atoms with Crippen LogP contribution >= 0.6 is 22.7 Å². The van der Waals surface area contributed by atoms with E-state index in [-0.39, 0.29) is 0 Å². The summed E-state index contributed by atoms with van der Waals surface area (Å²) >= 11 is 3.73. The molecule has 1 nitrogen and oxygen atoms in total. The van der Waals surface area contributed by atoms with Gasteiger partial charge in [0, 0.05) is 51.6 Å². The number of hydrogen-bond donors (Lipinski definition) is 0. The molecule has 0 spiro atoms. The molecule has 3 heteroatoms. The molecule has 0 bridgehead atoms. The molecule has 0 aliphatic rings. The van der Waals surface area contributed by atoms with E-state index in [1.807, 2.05) is 22.7 Å². The summed E-state index contributed by atoms with van der Waals surface area (Å²) in [6.45, 7) is 0. The maximum Gasteiger partial charge on any atom is 0.0555 e. The van der Waals surface area contributed by atoms with Gasteiger partial charge in [0.15, 0.2) is 0 Å². The smallest absolute Gasteiger partial charge is 0.0555 e.